The van der Waals surface area contributed by atoms with Crippen LogP contribution in [0.2, 0.25) is 0 Å². The van der Waals surface area contributed by atoms with E-state index in [1.165, 1.54) is 17.1 Å². The summed E-state index contributed by atoms with van der Waals surface area (Å²) in [6.45, 7) is 8.09. The Morgan fingerprint density at radius 1 is 1.11 bits per heavy atom. The van der Waals surface area contributed by atoms with E-state index in [9.17, 15) is 8.42 Å². The van der Waals surface area contributed by atoms with Crippen LogP contribution in [0.5, 0.6) is 0 Å². The first kappa shape index (κ1) is 22.6. The van der Waals surface area contributed by atoms with Gasteiger partial charge in [0.2, 0.25) is 10.0 Å². The van der Waals surface area contributed by atoms with Crippen molar-refractivity contribution in [3.8, 4) is 0 Å². The molecule has 2 N–H and O–H groups in total. The largest absolute Gasteiger partial charge is 0.379 e. The van der Waals surface area contributed by atoms with Crippen LogP contribution in [0.4, 0.5) is 0 Å². The van der Waals surface area contributed by atoms with Crippen LogP contribution in [-0.4, -0.2) is 58.1 Å². The molecule has 0 atom stereocenters. The molecular weight excluding hydrogens is 376 g/mol. The number of nitrogens with one attached hydrogen (secondary N) is 2. The smallest absolute Gasteiger partial charge is 0.218 e. The average molecular weight is 411 g/mol. The van der Waals surface area contributed by atoms with Crippen molar-refractivity contribution < 1.29 is 13.2 Å². The van der Waals surface area contributed by atoms with Crippen LogP contribution in [0, 0.1) is 0 Å². The number of hydrogen-bond donors (Lipinski definition) is 2. The molecule has 7 nitrogen and oxygen atoms in total. The van der Waals surface area contributed by atoms with Gasteiger partial charge in [-0.1, -0.05) is 44.0 Å². The summed E-state index contributed by atoms with van der Waals surface area (Å²) < 4.78 is 32.3. The van der Waals surface area contributed by atoms with E-state index in [4.69, 9.17) is 4.74 Å². The molecule has 1 aliphatic rings. The molecule has 1 aliphatic heterocycles. The molecule has 2 rings (SSSR count). The first-order valence-corrected chi connectivity index (χ1v) is 11.8. The van der Waals surface area contributed by atoms with Crippen LogP contribution in [0.3, 0.4) is 0 Å². The Labute approximate surface area is 169 Å². The number of hydrogen-bond acceptors (Lipinski definition) is 4. The Bertz CT molecular complexity index is 716. The minimum atomic E-state index is -3.35. The molecule has 1 fully saturated rings. The molecule has 1 saturated heterocycles. The van der Waals surface area contributed by atoms with Gasteiger partial charge in [0.1, 0.15) is 0 Å². The fourth-order valence-corrected chi connectivity index (χ4v) is 4.62. The number of unbranched alkanes of at least 4 members (excludes halogenated alkanes) is 2. The lowest BCUT2D eigenvalue weighted by molar-refractivity contribution is 0.0729. The van der Waals surface area contributed by atoms with Crippen molar-refractivity contribution in [3.05, 3.63) is 35.4 Å². The number of ether oxygens (including phenoxy) is 1. The summed E-state index contributed by atoms with van der Waals surface area (Å²) in [5.41, 5.74) is 1.74. The Morgan fingerprint density at radius 3 is 2.50 bits per heavy atom. The highest BCUT2D eigenvalue weighted by atomic mass is 32.2. The molecule has 0 spiro atoms. The average Bonchev–Trinajstić information content (AvgIpc) is 2.70. The fraction of sp³-hybridized carbons (Fsp3) is 0.650. The molecule has 1 aromatic carbocycles. The molecule has 0 aliphatic carbocycles. The van der Waals surface area contributed by atoms with Gasteiger partial charge in [-0.2, -0.15) is 4.31 Å². The lowest BCUT2D eigenvalue weighted by atomic mass is 10.1. The lowest BCUT2D eigenvalue weighted by Crippen LogP contribution is -2.41. The van der Waals surface area contributed by atoms with Crippen molar-refractivity contribution in [2.75, 3.05) is 39.4 Å². The van der Waals surface area contributed by atoms with E-state index in [1.807, 2.05) is 31.2 Å². The minimum absolute atomic E-state index is 0.000832. The van der Waals surface area contributed by atoms with Gasteiger partial charge in [0, 0.05) is 26.2 Å². The van der Waals surface area contributed by atoms with E-state index in [-0.39, 0.29) is 5.75 Å². The number of guanidine groups is 1. The van der Waals surface area contributed by atoms with Gasteiger partial charge in [-0.15, -0.1) is 0 Å². The van der Waals surface area contributed by atoms with E-state index >= 15 is 0 Å². The second kappa shape index (κ2) is 12.0. The van der Waals surface area contributed by atoms with Gasteiger partial charge < -0.3 is 15.4 Å². The first-order chi connectivity index (χ1) is 13.6. The second-order valence-electron chi connectivity index (χ2n) is 6.87. The number of benzene rings is 1. The number of aliphatic imine (C=N–C) groups is 1. The number of nitrogens with zero attached hydrogens (tertiary/aromatic N) is 2. The molecule has 1 aromatic rings. The van der Waals surface area contributed by atoms with Gasteiger partial charge in [0.25, 0.3) is 0 Å². The van der Waals surface area contributed by atoms with Gasteiger partial charge in [-0.05, 0) is 24.5 Å². The predicted molar refractivity (Wildman–Crippen MR) is 114 cm³/mol. The molecular formula is C20H34N4O3S. The zero-order chi connectivity index (χ0) is 20.2. The number of rotatable bonds is 10. The zero-order valence-corrected chi connectivity index (χ0v) is 17.9. The molecule has 1 heterocycles. The van der Waals surface area contributed by atoms with Crippen LogP contribution in [0.15, 0.2) is 29.3 Å². The Morgan fingerprint density at radius 2 is 1.82 bits per heavy atom. The van der Waals surface area contributed by atoms with Gasteiger partial charge in [0.15, 0.2) is 5.96 Å². The van der Waals surface area contributed by atoms with Crippen molar-refractivity contribution in [1.29, 1.82) is 0 Å². The zero-order valence-electron chi connectivity index (χ0n) is 17.1. The topological polar surface area (TPSA) is 83.0 Å². The second-order valence-corrected chi connectivity index (χ2v) is 8.83. The van der Waals surface area contributed by atoms with Crippen molar-refractivity contribution in [1.82, 2.24) is 14.9 Å². The Balaban J connectivity index is 2.05. The summed E-state index contributed by atoms with van der Waals surface area (Å²) in [5.74, 6) is 0.767. The van der Waals surface area contributed by atoms with Crippen LogP contribution in [-0.2, 0) is 27.1 Å². The highest BCUT2D eigenvalue weighted by Gasteiger charge is 2.25. The maximum absolute atomic E-state index is 12.8. The van der Waals surface area contributed by atoms with Gasteiger partial charge in [-0.25, -0.2) is 13.4 Å². The molecule has 0 bridgehead atoms. The van der Waals surface area contributed by atoms with E-state index in [2.05, 4.69) is 22.5 Å². The van der Waals surface area contributed by atoms with Crippen LogP contribution in [0.1, 0.15) is 44.2 Å². The molecule has 0 saturated carbocycles. The normalized spacial score (nSPS) is 16.1. The van der Waals surface area contributed by atoms with Crippen molar-refractivity contribution in [3.63, 3.8) is 0 Å². The number of morpholine rings is 1. The Kier molecular flexibility index (Phi) is 9.73. The van der Waals surface area contributed by atoms with E-state index in [0.717, 1.165) is 36.6 Å². The molecule has 8 heteroatoms. The quantitative estimate of drug-likeness (QED) is 0.351. The van der Waals surface area contributed by atoms with Crippen LogP contribution in [0.25, 0.3) is 0 Å². The minimum Gasteiger partial charge on any atom is -0.379 e. The maximum Gasteiger partial charge on any atom is 0.218 e. The van der Waals surface area contributed by atoms with Crippen LogP contribution >= 0.6 is 0 Å². The predicted octanol–water partition coefficient (Wildman–Crippen LogP) is 2.09. The number of sulfonamides is 1. The molecule has 0 unspecified atom stereocenters. The van der Waals surface area contributed by atoms with Gasteiger partial charge >= 0.3 is 0 Å². The van der Waals surface area contributed by atoms with E-state index in [1.54, 1.807) is 0 Å². The summed E-state index contributed by atoms with van der Waals surface area (Å²) in [7, 11) is -3.35. The third-order valence-corrected chi connectivity index (χ3v) is 6.47. The molecule has 0 aromatic heterocycles. The monoisotopic (exact) mass is 410 g/mol. The molecule has 0 amide bonds. The van der Waals surface area contributed by atoms with Gasteiger partial charge in [0.05, 0.1) is 25.5 Å². The summed E-state index contributed by atoms with van der Waals surface area (Å²) in [4.78, 5) is 4.65. The van der Waals surface area contributed by atoms with Crippen LogP contribution < -0.4 is 10.6 Å². The van der Waals surface area contributed by atoms with E-state index < -0.39 is 10.0 Å². The van der Waals surface area contributed by atoms with E-state index in [0.29, 0.717) is 32.8 Å². The SMILES string of the molecule is CCCCCNC(=NCc1ccccc1CS(=O)(=O)N1CCOCC1)NCC. The summed E-state index contributed by atoms with van der Waals surface area (Å²) in [5, 5.41) is 6.59. The Hall–Kier alpha value is -1.64. The molecule has 158 valence electrons. The molecule has 0 radical (unpaired) electrons. The fourth-order valence-electron chi connectivity index (χ4n) is 3.05. The van der Waals surface area contributed by atoms with Crippen molar-refractivity contribution in [2.24, 2.45) is 4.99 Å². The summed E-state index contributed by atoms with van der Waals surface area (Å²) in [6, 6.07) is 7.64. The third kappa shape index (κ3) is 7.41. The van der Waals surface area contributed by atoms with Crippen molar-refractivity contribution in [2.45, 2.75) is 45.4 Å². The standard InChI is InChI=1S/C20H34N4O3S/c1-3-5-8-11-22-20(21-4-2)23-16-18-9-6-7-10-19(18)17-28(25,26)24-12-14-27-15-13-24/h6-7,9-10H,3-5,8,11-17H2,1-2H3,(H2,21,22,23). The third-order valence-electron chi connectivity index (χ3n) is 4.64. The highest BCUT2D eigenvalue weighted by molar-refractivity contribution is 7.88. The maximum atomic E-state index is 12.8. The summed E-state index contributed by atoms with van der Waals surface area (Å²) >= 11 is 0. The lowest BCUT2D eigenvalue weighted by Gasteiger charge is -2.26. The molecule has 28 heavy (non-hydrogen) atoms. The van der Waals surface area contributed by atoms with Gasteiger partial charge in [-0.3, -0.25) is 0 Å². The van der Waals surface area contributed by atoms with Crippen molar-refractivity contribution >= 4 is 16.0 Å². The summed E-state index contributed by atoms with van der Waals surface area (Å²) in [6.07, 6.45) is 3.48. The highest BCUT2D eigenvalue weighted by Crippen LogP contribution is 2.17. The first-order valence-electron chi connectivity index (χ1n) is 10.2.